The van der Waals surface area contributed by atoms with Crippen LogP contribution in [-0.2, 0) is 14.9 Å². The van der Waals surface area contributed by atoms with Gasteiger partial charge in [0.2, 0.25) is 0 Å². The molecular weight excluding hydrogens is 280 g/mol. The third-order valence-electron chi connectivity index (χ3n) is 3.10. The van der Waals surface area contributed by atoms with Crippen molar-refractivity contribution >= 4 is 23.2 Å². The van der Waals surface area contributed by atoms with Crippen molar-refractivity contribution < 1.29 is 19.4 Å². The molecule has 1 aliphatic rings. The van der Waals surface area contributed by atoms with E-state index >= 15 is 0 Å². The van der Waals surface area contributed by atoms with Crippen molar-refractivity contribution in [3.05, 3.63) is 16.1 Å². The second kappa shape index (κ2) is 5.49. The van der Waals surface area contributed by atoms with Gasteiger partial charge in [-0.15, -0.1) is 11.3 Å². The predicted molar refractivity (Wildman–Crippen MR) is 74.1 cm³/mol. The highest BCUT2D eigenvalue weighted by molar-refractivity contribution is 7.11. The van der Waals surface area contributed by atoms with E-state index in [0.717, 1.165) is 5.69 Å². The van der Waals surface area contributed by atoms with Crippen LogP contribution < -0.4 is 0 Å². The van der Waals surface area contributed by atoms with E-state index in [1.165, 1.54) is 16.2 Å². The number of nitrogens with zero attached hydrogens (tertiary/aromatic N) is 2. The monoisotopic (exact) mass is 298 g/mol. The van der Waals surface area contributed by atoms with Crippen LogP contribution in [0, 0.1) is 0 Å². The largest absolute Gasteiger partial charge is 0.479 e. The maximum Gasteiger partial charge on any atom is 0.334 e. The zero-order valence-electron chi connectivity index (χ0n) is 11.8. The summed E-state index contributed by atoms with van der Waals surface area (Å²) in [7, 11) is 0. The molecule has 0 radical (unpaired) electrons. The van der Waals surface area contributed by atoms with Gasteiger partial charge in [0.25, 0.3) is 5.91 Å². The molecule has 1 aliphatic heterocycles. The highest BCUT2D eigenvalue weighted by atomic mass is 32.1. The van der Waals surface area contributed by atoms with Gasteiger partial charge in [0.05, 0.1) is 24.4 Å². The number of aromatic nitrogens is 1. The van der Waals surface area contributed by atoms with Crippen LogP contribution in [0.4, 0.5) is 0 Å². The Morgan fingerprint density at radius 2 is 2.20 bits per heavy atom. The molecule has 1 saturated heterocycles. The van der Waals surface area contributed by atoms with E-state index < -0.39 is 12.1 Å². The van der Waals surface area contributed by atoms with Gasteiger partial charge in [0.1, 0.15) is 4.88 Å². The molecule has 6 nitrogen and oxygen atoms in total. The van der Waals surface area contributed by atoms with Gasteiger partial charge in [0, 0.05) is 12.0 Å². The Morgan fingerprint density at radius 1 is 1.50 bits per heavy atom. The smallest absolute Gasteiger partial charge is 0.334 e. The molecule has 1 aromatic rings. The number of hydrogen-bond donors (Lipinski definition) is 1. The first kappa shape index (κ1) is 14.9. The predicted octanol–water partition coefficient (Wildman–Crippen LogP) is 1.37. The van der Waals surface area contributed by atoms with E-state index in [-0.39, 0.29) is 24.5 Å². The number of amides is 1. The van der Waals surface area contributed by atoms with E-state index in [1.807, 2.05) is 20.8 Å². The van der Waals surface area contributed by atoms with E-state index in [0.29, 0.717) is 11.4 Å². The third-order valence-corrected chi connectivity index (χ3v) is 3.92. The van der Waals surface area contributed by atoms with E-state index in [4.69, 9.17) is 9.84 Å². The van der Waals surface area contributed by atoms with Crippen LogP contribution in [0.5, 0.6) is 0 Å². The topological polar surface area (TPSA) is 79.7 Å². The highest BCUT2D eigenvalue weighted by Crippen LogP contribution is 2.28. The van der Waals surface area contributed by atoms with Gasteiger partial charge in [-0.3, -0.25) is 4.79 Å². The van der Waals surface area contributed by atoms with E-state index in [9.17, 15) is 9.59 Å². The fourth-order valence-corrected chi connectivity index (χ4v) is 3.02. The summed E-state index contributed by atoms with van der Waals surface area (Å²) < 4.78 is 5.13. The van der Waals surface area contributed by atoms with Gasteiger partial charge in [-0.05, 0) is 0 Å². The van der Waals surface area contributed by atoms with E-state index in [2.05, 4.69) is 4.98 Å². The van der Waals surface area contributed by atoms with Crippen molar-refractivity contribution in [3.8, 4) is 0 Å². The molecule has 0 bridgehead atoms. The lowest BCUT2D eigenvalue weighted by atomic mass is 9.91. The zero-order valence-corrected chi connectivity index (χ0v) is 12.6. The van der Waals surface area contributed by atoms with Gasteiger partial charge in [-0.25, -0.2) is 9.78 Å². The maximum atomic E-state index is 12.5. The normalized spacial score (nSPS) is 19.9. The second-order valence-electron chi connectivity index (χ2n) is 5.73. The molecule has 2 rings (SSSR count). The number of carbonyl (C=O) groups excluding carboxylic acids is 1. The van der Waals surface area contributed by atoms with Crippen molar-refractivity contribution in [2.45, 2.75) is 32.3 Å². The Kier molecular flexibility index (Phi) is 4.10. The molecule has 0 spiro atoms. The SMILES string of the molecule is CC(C)(C)c1ncsc1C(=O)N1CCO[C@H](C(=O)O)C1. The first-order valence-electron chi connectivity index (χ1n) is 6.38. The van der Waals surface area contributed by atoms with Crippen LogP contribution in [0.2, 0.25) is 0 Å². The van der Waals surface area contributed by atoms with Crippen LogP contribution in [0.3, 0.4) is 0 Å². The lowest BCUT2D eigenvalue weighted by molar-refractivity contribution is -0.154. The van der Waals surface area contributed by atoms with Crippen molar-refractivity contribution in [2.24, 2.45) is 0 Å². The third kappa shape index (κ3) is 2.99. The molecule has 110 valence electrons. The van der Waals surface area contributed by atoms with Crippen LogP contribution >= 0.6 is 11.3 Å². The molecule has 0 aliphatic carbocycles. The number of thiazole rings is 1. The molecular formula is C13H18N2O4S. The Balaban J connectivity index is 2.20. The Hall–Kier alpha value is -1.47. The van der Waals surface area contributed by atoms with Crippen LogP contribution in [0.1, 0.15) is 36.1 Å². The number of carboxylic acids is 1. The fourth-order valence-electron chi connectivity index (χ4n) is 2.06. The van der Waals surface area contributed by atoms with Gasteiger partial charge in [-0.1, -0.05) is 20.8 Å². The van der Waals surface area contributed by atoms with Gasteiger partial charge in [-0.2, -0.15) is 0 Å². The number of hydrogen-bond acceptors (Lipinski definition) is 5. The summed E-state index contributed by atoms with van der Waals surface area (Å²) >= 11 is 1.30. The van der Waals surface area contributed by atoms with Gasteiger partial charge in [0.15, 0.2) is 6.10 Å². The second-order valence-corrected chi connectivity index (χ2v) is 6.58. The molecule has 7 heteroatoms. The van der Waals surface area contributed by atoms with Crippen LogP contribution in [-0.4, -0.2) is 52.7 Å². The number of ether oxygens (including phenoxy) is 1. The number of carbonyl (C=O) groups is 2. The van der Waals surface area contributed by atoms with Crippen LogP contribution in [0.25, 0.3) is 0 Å². The molecule has 1 amide bonds. The summed E-state index contributed by atoms with van der Waals surface area (Å²) in [5, 5.41) is 8.98. The maximum absolute atomic E-state index is 12.5. The van der Waals surface area contributed by atoms with Gasteiger partial charge >= 0.3 is 5.97 Å². The summed E-state index contributed by atoms with van der Waals surface area (Å²) in [6.45, 7) is 6.72. The lowest BCUT2D eigenvalue weighted by Crippen LogP contribution is -2.48. The Bertz CT molecular complexity index is 521. The average molecular weight is 298 g/mol. The average Bonchev–Trinajstić information content (AvgIpc) is 2.87. The summed E-state index contributed by atoms with van der Waals surface area (Å²) in [6.07, 6.45) is -0.946. The highest BCUT2D eigenvalue weighted by Gasteiger charge is 2.33. The number of morpholine rings is 1. The molecule has 1 atom stereocenters. The molecule has 0 aromatic carbocycles. The zero-order chi connectivity index (χ0) is 14.9. The standard InChI is InChI=1S/C13H18N2O4S/c1-13(2,3)10-9(20-7-14-10)11(16)15-4-5-19-8(6-15)12(17)18/h7-8H,4-6H2,1-3H3,(H,17,18)/t8-/m0/s1. The molecule has 1 N–H and O–H groups in total. The first-order chi connectivity index (χ1) is 9.30. The van der Waals surface area contributed by atoms with Crippen molar-refractivity contribution in [1.29, 1.82) is 0 Å². The van der Waals surface area contributed by atoms with Gasteiger partial charge < -0.3 is 14.7 Å². The minimum Gasteiger partial charge on any atom is -0.479 e. The molecule has 20 heavy (non-hydrogen) atoms. The molecule has 1 aromatic heterocycles. The molecule has 0 saturated carbocycles. The summed E-state index contributed by atoms with van der Waals surface area (Å²) in [5.41, 5.74) is 2.19. The van der Waals surface area contributed by atoms with Crippen LogP contribution in [0.15, 0.2) is 5.51 Å². The number of aliphatic carboxylic acids is 1. The first-order valence-corrected chi connectivity index (χ1v) is 7.26. The minimum atomic E-state index is -1.04. The molecule has 0 unspecified atom stereocenters. The Morgan fingerprint density at radius 3 is 2.80 bits per heavy atom. The molecule has 1 fully saturated rings. The van der Waals surface area contributed by atoms with Crippen molar-refractivity contribution in [3.63, 3.8) is 0 Å². The molecule has 2 heterocycles. The minimum absolute atomic E-state index is 0.0790. The number of carboxylic acid groups (broad SMARTS) is 1. The number of rotatable bonds is 2. The van der Waals surface area contributed by atoms with Crippen molar-refractivity contribution in [2.75, 3.05) is 19.7 Å². The summed E-state index contributed by atoms with van der Waals surface area (Å²) in [4.78, 5) is 29.9. The quantitative estimate of drug-likeness (QED) is 0.892. The summed E-state index contributed by atoms with van der Waals surface area (Å²) in [6, 6.07) is 0. The summed E-state index contributed by atoms with van der Waals surface area (Å²) in [5.74, 6) is -1.20. The van der Waals surface area contributed by atoms with Crippen molar-refractivity contribution in [1.82, 2.24) is 9.88 Å². The fraction of sp³-hybridized carbons (Fsp3) is 0.615. The Labute approximate surface area is 121 Å². The lowest BCUT2D eigenvalue weighted by Gasteiger charge is -2.31. The van der Waals surface area contributed by atoms with E-state index in [1.54, 1.807) is 5.51 Å².